The second-order valence-corrected chi connectivity index (χ2v) is 6.11. The molecule has 1 aromatic carbocycles. The van der Waals surface area contributed by atoms with Gasteiger partial charge in [-0.15, -0.1) is 0 Å². The number of para-hydroxylation sites is 2. The molecule has 24 heavy (non-hydrogen) atoms. The molecule has 1 heterocycles. The molecule has 1 aliphatic carbocycles. The quantitative estimate of drug-likeness (QED) is 0.635. The van der Waals surface area contributed by atoms with Crippen LogP contribution in [0.1, 0.15) is 12.8 Å². The number of hydrogen-bond acceptors (Lipinski definition) is 5. The molecule has 2 amide bonds. The Morgan fingerprint density at radius 1 is 1.17 bits per heavy atom. The first-order chi connectivity index (χ1) is 11.6. The van der Waals surface area contributed by atoms with E-state index >= 15 is 0 Å². The highest BCUT2D eigenvalue weighted by Gasteiger charge is 2.30. The zero-order chi connectivity index (χ0) is 17.1. The van der Waals surface area contributed by atoms with Crippen molar-refractivity contribution in [3.8, 4) is 0 Å². The van der Waals surface area contributed by atoms with Crippen LogP contribution in [0.15, 0.2) is 24.3 Å². The van der Waals surface area contributed by atoms with Crippen molar-refractivity contribution in [2.75, 3.05) is 37.6 Å². The normalized spacial score (nSPS) is 17.5. The summed E-state index contributed by atoms with van der Waals surface area (Å²) in [5.74, 6) is -0.0543. The lowest BCUT2D eigenvalue weighted by Crippen LogP contribution is -2.51. The van der Waals surface area contributed by atoms with E-state index in [1.54, 1.807) is 23.1 Å². The van der Waals surface area contributed by atoms with Crippen molar-refractivity contribution in [1.29, 1.82) is 0 Å². The number of piperazine rings is 1. The van der Waals surface area contributed by atoms with E-state index in [0.29, 0.717) is 31.9 Å². The summed E-state index contributed by atoms with van der Waals surface area (Å²) in [5.41, 5.74) is 0.658. The standard InChI is InChI=1S/C16H20N4O4/c21-15(11-17-16(22)12-5-6-12)19-9-7-18(8-10-19)13-3-1-2-4-14(13)20(23)24/h1-4,12H,5-11H2,(H,17,22). The maximum absolute atomic E-state index is 12.1. The number of benzene rings is 1. The lowest BCUT2D eigenvalue weighted by Gasteiger charge is -2.35. The van der Waals surface area contributed by atoms with E-state index in [0.717, 1.165) is 12.8 Å². The monoisotopic (exact) mass is 332 g/mol. The Labute approximate surface area is 139 Å². The Morgan fingerprint density at radius 2 is 1.83 bits per heavy atom. The van der Waals surface area contributed by atoms with Crippen LogP contribution in [0, 0.1) is 16.0 Å². The largest absolute Gasteiger partial charge is 0.362 e. The fraction of sp³-hybridized carbons (Fsp3) is 0.500. The minimum Gasteiger partial charge on any atom is -0.362 e. The molecule has 1 N–H and O–H groups in total. The number of nitro groups is 1. The van der Waals surface area contributed by atoms with E-state index in [1.807, 2.05) is 4.90 Å². The van der Waals surface area contributed by atoms with E-state index in [4.69, 9.17) is 0 Å². The molecule has 2 fully saturated rings. The second-order valence-electron chi connectivity index (χ2n) is 6.11. The van der Waals surface area contributed by atoms with E-state index in [9.17, 15) is 19.7 Å². The predicted octanol–water partition coefficient (Wildman–Crippen LogP) is 0.770. The Morgan fingerprint density at radius 3 is 2.46 bits per heavy atom. The molecule has 1 saturated carbocycles. The van der Waals surface area contributed by atoms with Crippen molar-refractivity contribution in [2.24, 2.45) is 5.92 Å². The highest BCUT2D eigenvalue weighted by Crippen LogP contribution is 2.29. The van der Waals surface area contributed by atoms with Crippen LogP contribution < -0.4 is 10.2 Å². The number of anilines is 1. The highest BCUT2D eigenvalue weighted by molar-refractivity contribution is 5.87. The van der Waals surface area contributed by atoms with Crippen molar-refractivity contribution in [3.05, 3.63) is 34.4 Å². The summed E-state index contributed by atoms with van der Waals surface area (Å²) < 4.78 is 0. The predicted molar refractivity (Wildman–Crippen MR) is 87.6 cm³/mol. The summed E-state index contributed by atoms with van der Waals surface area (Å²) in [5, 5.41) is 13.8. The third-order valence-electron chi connectivity index (χ3n) is 4.41. The second kappa shape index (κ2) is 6.86. The first kappa shape index (κ1) is 16.2. The molecular formula is C16H20N4O4. The SMILES string of the molecule is O=C(NCC(=O)N1CCN(c2ccccc2[N+](=O)[O-])CC1)C1CC1. The molecule has 0 aromatic heterocycles. The van der Waals surface area contributed by atoms with Crippen LogP contribution in [0.4, 0.5) is 11.4 Å². The van der Waals surface area contributed by atoms with Gasteiger partial charge >= 0.3 is 0 Å². The fourth-order valence-corrected chi connectivity index (χ4v) is 2.85. The fourth-order valence-electron chi connectivity index (χ4n) is 2.85. The first-order valence-corrected chi connectivity index (χ1v) is 8.10. The number of rotatable bonds is 5. The molecule has 1 aliphatic heterocycles. The van der Waals surface area contributed by atoms with E-state index in [2.05, 4.69) is 5.32 Å². The van der Waals surface area contributed by atoms with Gasteiger partial charge in [0.15, 0.2) is 0 Å². The summed E-state index contributed by atoms with van der Waals surface area (Å²) in [6, 6.07) is 6.63. The average molecular weight is 332 g/mol. The Kier molecular flexibility index (Phi) is 4.64. The van der Waals surface area contributed by atoms with E-state index < -0.39 is 0 Å². The van der Waals surface area contributed by atoms with Gasteiger partial charge in [0, 0.05) is 38.2 Å². The highest BCUT2D eigenvalue weighted by atomic mass is 16.6. The lowest BCUT2D eigenvalue weighted by molar-refractivity contribution is -0.384. The van der Waals surface area contributed by atoms with Gasteiger partial charge in [0.1, 0.15) is 5.69 Å². The van der Waals surface area contributed by atoms with Gasteiger partial charge in [-0.3, -0.25) is 19.7 Å². The van der Waals surface area contributed by atoms with Crippen molar-refractivity contribution >= 4 is 23.2 Å². The number of carbonyl (C=O) groups is 2. The Balaban J connectivity index is 1.53. The van der Waals surface area contributed by atoms with Crippen molar-refractivity contribution < 1.29 is 14.5 Å². The molecule has 1 aromatic rings. The summed E-state index contributed by atoms with van der Waals surface area (Å²) in [6.07, 6.45) is 1.82. The molecule has 2 aliphatic rings. The van der Waals surface area contributed by atoms with Crippen molar-refractivity contribution in [2.45, 2.75) is 12.8 Å². The van der Waals surface area contributed by atoms with Gasteiger partial charge in [0.2, 0.25) is 11.8 Å². The molecule has 0 spiro atoms. The van der Waals surface area contributed by atoms with Gasteiger partial charge in [0.05, 0.1) is 11.5 Å². The van der Waals surface area contributed by atoms with Crippen LogP contribution in [0.5, 0.6) is 0 Å². The third-order valence-corrected chi connectivity index (χ3v) is 4.41. The van der Waals surface area contributed by atoms with Gasteiger partial charge in [-0.25, -0.2) is 0 Å². The zero-order valence-electron chi connectivity index (χ0n) is 13.3. The molecule has 0 radical (unpaired) electrons. The molecule has 128 valence electrons. The lowest BCUT2D eigenvalue weighted by atomic mass is 10.2. The molecule has 8 nitrogen and oxygen atoms in total. The van der Waals surface area contributed by atoms with Crippen LogP contribution in [0.3, 0.4) is 0 Å². The molecular weight excluding hydrogens is 312 g/mol. The number of amides is 2. The van der Waals surface area contributed by atoms with Gasteiger partial charge in [-0.1, -0.05) is 12.1 Å². The molecule has 0 atom stereocenters. The van der Waals surface area contributed by atoms with Crippen LogP contribution in [0.2, 0.25) is 0 Å². The number of nitrogens with zero attached hydrogens (tertiary/aromatic N) is 3. The topological polar surface area (TPSA) is 95.8 Å². The number of hydrogen-bond donors (Lipinski definition) is 1. The smallest absolute Gasteiger partial charge is 0.292 e. The molecule has 3 rings (SSSR count). The first-order valence-electron chi connectivity index (χ1n) is 8.10. The Bertz CT molecular complexity index is 651. The summed E-state index contributed by atoms with van der Waals surface area (Å²) in [7, 11) is 0. The summed E-state index contributed by atoms with van der Waals surface area (Å²) in [6.45, 7) is 2.08. The summed E-state index contributed by atoms with van der Waals surface area (Å²) >= 11 is 0. The van der Waals surface area contributed by atoms with Crippen LogP contribution >= 0.6 is 0 Å². The molecule has 0 bridgehead atoms. The van der Waals surface area contributed by atoms with Gasteiger partial charge < -0.3 is 15.1 Å². The molecule has 1 saturated heterocycles. The van der Waals surface area contributed by atoms with E-state index in [1.165, 1.54) is 6.07 Å². The molecule has 8 heteroatoms. The van der Waals surface area contributed by atoms with Crippen molar-refractivity contribution in [1.82, 2.24) is 10.2 Å². The van der Waals surface area contributed by atoms with E-state index in [-0.39, 0.29) is 34.9 Å². The maximum atomic E-state index is 12.1. The minimum absolute atomic E-state index is 0.0286. The average Bonchev–Trinajstić information content (AvgIpc) is 3.44. The minimum atomic E-state index is -0.389. The van der Waals surface area contributed by atoms with Gasteiger partial charge in [-0.05, 0) is 18.9 Å². The van der Waals surface area contributed by atoms with Crippen LogP contribution in [-0.4, -0.2) is 54.4 Å². The van der Waals surface area contributed by atoms with Crippen LogP contribution in [-0.2, 0) is 9.59 Å². The van der Waals surface area contributed by atoms with Gasteiger partial charge in [0.25, 0.3) is 5.69 Å². The maximum Gasteiger partial charge on any atom is 0.292 e. The van der Waals surface area contributed by atoms with Crippen LogP contribution in [0.25, 0.3) is 0 Å². The summed E-state index contributed by atoms with van der Waals surface area (Å²) in [4.78, 5) is 38.1. The van der Waals surface area contributed by atoms with Crippen molar-refractivity contribution in [3.63, 3.8) is 0 Å². The van der Waals surface area contributed by atoms with Gasteiger partial charge in [-0.2, -0.15) is 0 Å². The number of nitro benzene ring substituents is 1. The number of nitrogens with one attached hydrogen (secondary N) is 1. The molecule has 0 unspecified atom stereocenters. The third kappa shape index (κ3) is 3.64. The Hall–Kier alpha value is -2.64. The zero-order valence-corrected chi connectivity index (χ0v) is 13.3. The number of carbonyl (C=O) groups excluding carboxylic acids is 2.